The zero-order chi connectivity index (χ0) is 11.3. The molecular weight excluding hydrogens is 254 g/mol. The van der Waals surface area contributed by atoms with Crippen LogP contribution in [0, 0.1) is 6.92 Å². The summed E-state index contributed by atoms with van der Waals surface area (Å²) in [5, 5.41) is 0. The van der Waals surface area contributed by atoms with Crippen molar-refractivity contribution in [3.05, 3.63) is 29.3 Å². The molecule has 0 aliphatic carbocycles. The van der Waals surface area contributed by atoms with Crippen LogP contribution in [0.4, 0.5) is 0 Å². The molecule has 1 aromatic carbocycles. The summed E-state index contributed by atoms with van der Waals surface area (Å²) >= 11 is 3.43. The normalized spacial score (nSPS) is 10.7. The van der Waals surface area contributed by atoms with Gasteiger partial charge in [0.05, 0.1) is 12.6 Å². The molecule has 1 aromatic rings. The molecule has 0 fully saturated rings. The molecule has 0 heterocycles. The van der Waals surface area contributed by atoms with E-state index in [1.54, 1.807) is 7.11 Å². The lowest BCUT2D eigenvalue weighted by Gasteiger charge is -2.14. The van der Waals surface area contributed by atoms with Gasteiger partial charge in [0.1, 0.15) is 5.75 Å². The molecular formula is C12H18BrNO. The minimum Gasteiger partial charge on any atom is -0.496 e. The van der Waals surface area contributed by atoms with Crippen molar-refractivity contribution in [1.82, 2.24) is 4.90 Å². The molecule has 0 aliphatic rings. The van der Waals surface area contributed by atoms with E-state index < -0.39 is 0 Å². The van der Waals surface area contributed by atoms with Gasteiger partial charge in [-0.15, -0.1) is 0 Å². The van der Waals surface area contributed by atoms with Gasteiger partial charge in [0.15, 0.2) is 0 Å². The van der Waals surface area contributed by atoms with E-state index in [2.05, 4.69) is 46.9 Å². The average molecular weight is 272 g/mol. The van der Waals surface area contributed by atoms with Crippen molar-refractivity contribution in [2.75, 3.05) is 26.2 Å². The maximum Gasteiger partial charge on any atom is 0.122 e. The Morgan fingerprint density at radius 2 is 2.13 bits per heavy atom. The van der Waals surface area contributed by atoms with E-state index in [4.69, 9.17) is 4.74 Å². The molecule has 2 nitrogen and oxygen atoms in total. The third kappa shape index (κ3) is 3.84. The molecule has 0 aromatic heterocycles. The quantitative estimate of drug-likeness (QED) is 0.603. The lowest BCUT2D eigenvalue weighted by Crippen LogP contribution is -2.19. The van der Waals surface area contributed by atoms with Gasteiger partial charge in [-0.05, 0) is 32.0 Å². The third-order valence-corrected chi connectivity index (χ3v) is 3.26. The summed E-state index contributed by atoms with van der Waals surface area (Å²) in [5.74, 6) is 0.989. The van der Waals surface area contributed by atoms with Crippen LogP contribution in [0.1, 0.15) is 11.1 Å². The summed E-state index contributed by atoms with van der Waals surface area (Å²) < 4.78 is 5.34. The Hall–Kier alpha value is -0.540. The lowest BCUT2D eigenvalue weighted by atomic mass is 10.1. The lowest BCUT2D eigenvalue weighted by molar-refractivity contribution is 0.386. The van der Waals surface area contributed by atoms with Gasteiger partial charge < -0.3 is 4.74 Å². The first-order valence-corrected chi connectivity index (χ1v) is 6.17. The van der Waals surface area contributed by atoms with Crippen LogP contribution < -0.4 is 4.74 Å². The summed E-state index contributed by atoms with van der Waals surface area (Å²) in [7, 11) is 3.82. The second-order valence-electron chi connectivity index (χ2n) is 3.76. The molecule has 0 spiro atoms. The van der Waals surface area contributed by atoms with Gasteiger partial charge >= 0.3 is 0 Å². The van der Waals surface area contributed by atoms with Crippen molar-refractivity contribution in [2.45, 2.75) is 13.3 Å². The molecule has 0 atom stereocenters. The molecule has 0 saturated heterocycles. The molecule has 0 N–H and O–H groups in total. The minimum absolute atomic E-state index is 0.904. The van der Waals surface area contributed by atoms with Crippen LogP contribution >= 0.6 is 15.9 Å². The molecule has 84 valence electrons. The Bertz CT molecular complexity index is 314. The van der Waals surface area contributed by atoms with Gasteiger partial charge in [0.2, 0.25) is 0 Å². The van der Waals surface area contributed by atoms with Gasteiger partial charge in [0.25, 0.3) is 0 Å². The summed E-state index contributed by atoms with van der Waals surface area (Å²) in [6.07, 6.45) is 1.02. The first-order valence-electron chi connectivity index (χ1n) is 5.05. The molecule has 0 saturated carbocycles. The number of likely N-dealkylation sites (N-methyl/N-ethyl adjacent to an activating group) is 1. The maximum atomic E-state index is 5.34. The fourth-order valence-corrected chi connectivity index (χ4v) is 1.72. The van der Waals surface area contributed by atoms with Crippen molar-refractivity contribution >= 4 is 15.9 Å². The average Bonchev–Trinajstić information content (AvgIpc) is 2.26. The van der Waals surface area contributed by atoms with Crippen molar-refractivity contribution in [2.24, 2.45) is 0 Å². The van der Waals surface area contributed by atoms with Crippen LogP contribution in [-0.2, 0) is 6.42 Å². The van der Waals surface area contributed by atoms with E-state index in [9.17, 15) is 0 Å². The number of nitrogens with zero attached hydrogens (tertiary/aromatic N) is 1. The molecule has 0 unspecified atom stereocenters. The highest BCUT2D eigenvalue weighted by Gasteiger charge is 2.04. The van der Waals surface area contributed by atoms with E-state index in [0.717, 1.165) is 24.2 Å². The third-order valence-electron chi connectivity index (χ3n) is 2.40. The number of ether oxygens (including phenoxy) is 1. The monoisotopic (exact) mass is 271 g/mol. The second kappa shape index (κ2) is 6.13. The highest BCUT2D eigenvalue weighted by atomic mass is 79.9. The van der Waals surface area contributed by atoms with Crippen LogP contribution in [0.25, 0.3) is 0 Å². The number of hydrogen-bond donors (Lipinski definition) is 0. The SMILES string of the molecule is COc1ccc(C)cc1CCN(C)CBr. The number of alkyl halides is 1. The minimum atomic E-state index is 0.904. The zero-order valence-electron chi connectivity index (χ0n) is 9.59. The molecule has 15 heavy (non-hydrogen) atoms. The fourth-order valence-electron chi connectivity index (χ4n) is 1.47. The van der Waals surface area contributed by atoms with Crippen molar-refractivity contribution < 1.29 is 4.74 Å². The standard InChI is InChI=1S/C12H18BrNO/c1-10-4-5-12(15-3)11(8-10)6-7-14(2)9-13/h4-5,8H,6-7,9H2,1-3H3. The van der Waals surface area contributed by atoms with Crippen LogP contribution in [0.15, 0.2) is 18.2 Å². The molecule has 0 bridgehead atoms. The van der Waals surface area contributed by atoms with Gasteiger partial charge in [0, 0.05) is 6.54 Å². The van der Waals surface area contributed by atoms with Gasteiger partial charge in [-0.1, -0.05) is 33.6 Å². The van der Waals surface area contributed by atoms with Crippen LogP contribution in [0.5, 0.6) is 5.75 Å². The summed E-state index contributed by atoms with van der Waals surface area (Å²) in [6, 6.07) is 6.32. The van der Waals surface area contributed by atoms with E-state index in [-0.39, 0.29) is 0 Å². The first-order chi connectivity index (χ1) is 7.17. The van der Waals surface area contributed by atoms with E-state index in [0.29, 0.717) is 0 Å². The molecule has 0 radical (unpaired) electrons. The number of benzene rings is 1. The van der Waals surface area contributed by atoms with Gasteiger partial charge in [-0.3, -0.25) is 4.90 Å². The second-order valence-corrected chi connectivity index (χ2v) is 4.27. The summed E-state index contributed by atoms with van der Waals surface area (Å²) in [6.45, 7) is 3.14. The van der Waals surface area contributed by atoms with Gasteiger partial charge in [-0.25, -0.2) is 0 Å². The van der Waals surface area contributed by atoms with Crippen molar-refractivity contribution in [3.63, 3.8) is 0 Å². The van der Waals surface area contributed by atoms with Crippen LogP contribution in [-0.4, -0.2) is 31.1 Å². The number of rotatable bonds is 5. The summed E-state index contributed by atoms with van der Waals surface area (Å²) in [5.41, 5.74) is 3.47. The highest BCUT2D eigenvalue weighted by Crippen LogP contribution is 2.20. The van der Waals surface area contributed by atoms with Crippen LogP contribution in [0.3, 0.4) is 0 Å². The predicted octanol–water partition coefficient (Wildman–Crippen LogP) is 2.83. The topological polar surface area (TPSA) is 12.5 Å². The Morgan fingerprint density at radius 1 is 1.40 bits per heavy atom. The van der Waals surface area contributed by atoms with E-state index >= 15 is 0 Å². The summed E-state index contributed by atoms with van der Waals surface area (Å²) in [4.78, 5) is 2.22. The molecule has 1 rings (SSSR count). The molecule has 0 aliphatic heterocycles. The Morgan fingerprint density at radius 3 is 2.73 bits per heavy atom. The van der Waals surface area contributed by atoms with Crippen molar-refractivity contribution in [1.29, 1.82) is 0 Å². The molecule has 3 heteroatoms. The fraction of sp³-hybridized carbons (Fsp3) is 0.500. The van der Waals surface area contributed by atoms with E-state index in [1.807, 2.05) is 6.07 Å². The maximum absolute atomic E-state index is 5.34. The Kier molecular flexibility index (Phi) is 5.12. The smallest absolute Gasteiger partial charge is 0.122 e. The number of methoxy groups -OCH3 is 1. The van der Waals surface area contributed by atoms with Crippen molar-refractivity contribution in [3.8, 4) is 5.75 Å². The largest absolute Gasteiger partial charge is 0.496 e. The molecule has 0 amide bonds. The Balaban J connectivity index is 2.69. The van der Waals surface area contributed by atoms with E-state index in [1.165, 1.54) is 11.1 Å². The van der Waals surface area contributed by atoms with Crippen LogP contribution in [0.2, 0.25) is 0 Å². The number of hydrogen-bond acceptors (Lipinski definition) is 2. The Labute approximate surface area is 100 Å². The highest BCUT2D eigenvalue weighted by molar-refractivity contribution is 9.09. The predicted molar refractivity (Wildman–Crippen MR) is 67.9 cm³/mol. The number of aryl methyl sites for hydroxylation is 1. The zero-order valence-corrected chi connectivity index (χ0v) is 11.2. The first kappa shape index (κ1) is 12.5. The number of halogens is 1. The van der Waals surface area contributed by atoms with Gasteiger partial charge in [-0.2, -0.15) is 0 Å².